The van der Waals surface area contributed by atoms with Gasteiger partial charge in [0.15, 0.2) is 0 Å². The molecule has 0 bridgehead atoms. The molecular weight excluding hydrogens is 387 g/mol. The van der Waals surface area contributed by atoms with Gasteiger partial charge in [0.1, 0.15) is 11.6 Å². The fourth-order valence-electron chi connectivity index (χ4n) is 3.22. The van der Waals surface area contributed by atoms with E-state index in [9.17, 15) is 28.1 Å². The number of carbonyl (C=O) groups excluding carboxylic acids is 1. The van der Waals surface area contributed by atoms with Crippen molar-refractivity contribution in [1.29, 1.82) is 0 Å². The first-order valence-electron chi connectivity index (χ1n) is 8.13. The van der Waals surface area contributed by atoms with Crippen LogP contribution in [0.5, 0.6) is 0 Å². The van der Waals surface area contributed by atoms with E-state index in [1.54, 1.807) is 33.8 Å². The van der Waals surface area contributed by atoms with E-state index in [2.05, 4.69) is 0 Å². The molecule has 1 fully saturated rings. The van der Waals surface area contributed by atoms with Crippen LogP contribution in [0.15, 0.2) is 23.2 Å². The highest BCUT2D eigenvalue weighted by molar-refractivity contribution is 6.30. The molecule has 2 rings (SSSR count). The number of nitro benzene ring substituents is 1. The van der Waals surface area contributed by atoms with Crippen molar-refractivity contribution in [1.82, 2.24) is 0 Å². The van der Waals surface area contributed by atoms with E-state index in [-0.39, 0.29) is 12.3 Å². The van der Waals surface area contributed by atoms with E-state index < -0.39 is 39.4 Å². The number of nitro groups is 1. The van der Waals surface area contributed by atoms with Crippen LogP contribution in [0.3, 0.4) is 0 Å². The van der Waals surface area contributed by atoms with Gasteiger partial charge in [0, 0.05) is 17.2 Å². The Morgan fingerprint density at radius 1 is 1.37 bits per heavy atom. The van der Waals surface area contributed by atoms with Gasteiger partial charge in [-0.1, -0.05) is 37.6 Å². The molecule has 0 N–H and O–H groups in total. The van der Waals surface area contributed by atoms with Gasteiger partial charge in [-0.05, 0) is 30.7 Å². The van der Waals surface area contributed by atoms with Crippen molar-refractivity contribution in [3.8, 4) is 0 Å². The molecule has 2 atom stereocenters. The Hall–Kier alpha value is -2.09. The second kappa shape index (κ2) is 7.14. The summed E-state index contributed by atoms with van der Waals surface area (Å²) >= 11 is 5.27. The van der Waals surface area contributed by atoms with Crippen LogP contribution in [0.1, 0.15) is 30.5 Å². The molecule has 0 saturated heterocycles. The van der Waals surface area contributed by atoms with E-state index in [4.69, 9.17) is 16.3 Å². The van der Waals surface area contributed by atoms with Crippen LogP contribution in [0, 0.1) is 41.2 Å². The summed E-state index contributed by atoms with van der Waals surface area (Å²) < 4.78 is 43.1. The molecule has 27 heavy (non-hydrogen) atoms. The molecule has 1 aromatic rings. The Morgan fingerprint density at radius 3 is 2.48 bits per heavy atom. The number of benzene rings is 1. The fraction of sp³-hybridized carbons (Fsp3) is 0.500. The van der Waals surface area contributed by atoms with E-state index in [1.807, 2.05) is 0 Å². The van der Waals surface area contributed by atoms with Gasteiger partial charge < -0.3 is 4.74 Å². The van der Waals surface area contributed by atoms with Crippen molar-refractivity contribution in [2.24, 2.45) is 17.3 Å². The molecule has 0 spiro atoms. The van der Waals surface area contributed by atoms with Gasteiger partial charge in [-0.15, -0.1) is 0 Å². The molecule has 0 heterocycles. The van der Waals surface area contributed by atoms with Crippen molar-refractivity contribution >= 4 is 23.3 Å². The summed E-state index contributed by atoms with van der Waals surface area (Å²) in [5.74, 6) is -2.10. The smallest absolute Gasteiger partial charge is 0.426 e. The van der Waals surface area contributed by atoms with Gasteiger partial charge >= 0.3 is 12.1 Å². The third-order valence-electron chi connectivity index (χ3n) is 5.12. The van der Waals surface area contributed by atoms with Crippen molar-refractivity contribution in [2.45, 2.75) is 40.5 Å². The standard InChI is InChI=1S/C18H19ClF3NO4/c1-9-5-6-13(23(25)26)10(2)11(9)8-27-16(24)15-12(17(15,3)4)7-14(19)18(20,21)22/h5-7,12,15H,8H2,1-4H3/t12-,15-/m1/s1. The van der Waals surface area contributed by atoms with Crippen LogP contribution < -0.4 is 0 Å². The third kappa shape index (κ3) is 4.26. The zero-order valence-corrected chi connectivity index (χ0v) is 15.9. The fourth-order valence-corrected chi connectivity index (χ4v) is 3.36. The number of hydrogen-bond acceptors (Lipinski definition) is 4. The second-order valence-corrected chi connectivity index (χ2v) is 7.61. The van der Waals surface area contributed by atoms with Gasteiger partial charge in [-0.3, -0.25) is 14.9 Å². The lowest BCUT2D eigenvalue weighted by Crippen LogP contribution is -2.12. The van der Waals surface area contributed by atoms with Crippen LogP contribution in [0.2, 0.25) is 0 Å². The predicted molar refractivity (Wildman–Crippen MR) is 93.1 cm³/mol. The van der Waals surface area contributed by atoms with Crippen molar-refractivity contribution in [2.75, 3.05) is 0 Å². The number of allylic oxidation sites excluding steroid dienone is 2. The van der Waals surface area contributed by atoms with Crippen molar-refractivity contribution in [3.63, 3.8) is 0 Å². The first-order valence-corrected chi connectivity index (χ1v) is 8.51. The van der Waals surface area contributed by atoms with Crippen LogP contribution in [-0.2, 0) is 16.1 Å². The topological polar surface area (TPSA) is 69.4 Å². The molecule has 0 radical (unpaired) electrons. The van der Waals surface area contributed by atoms with Crippen LogP contribution >= 0.6 is 11.6 Å². The van der Waals surface area contributed by atoms with Crippen LogP contribution in [0.25, 0.3) is 0 Å². The number of ether oxygens (including phenoxy) is 1. The average Bonchev–Trinajstić information content (AvgIpc) is 3.06. The minimum absolute atomic E-state index is 0.0869. The largest absolute Gasteiger partial charge is 0.461 e. The summed E-state index contributed by atoms with van der Waals surface area (Å²) in [6, 6.07) is 2.93. The van der Waals surface area contributed by atoms with Crippen molar-refractivity contribution < 1.29 is 27.6 Å². The minimum Gasteiger partial charge on any atom is -0.461 e. The summed E-state index contributed by atoms with van der Waals surface area (Å²) in [5, 5.41) is 9.78. The van der Waals surface area contributed by atoms with E-state index in [0.29, 0.717) is 11.1 Å². The Bertz CT molecular complexity index is 818. The number of hydrogen-bond donors (Lipinski definition) is 0. The lowest BCUT2D eigenvalue weighted by Gasteiger charge is -2.11. The Morgan fingerprint density at radius 2 is 1.96 bits per heavy atom. The van der Waals surface area contributed by atoms with Gasteiger partial charge in [-0.2, -0.15) is 13.2 Å². The zero-order chi connectivity index (χ0) is 20.7. The number of alkyl halides is 3. The van der Waals surface area contributed by atoms with Gasteiger partial charge in [-0.25, -0.2) is 0 Å². The molecule has 0 unspecified atom stereocenters. The third-order valence-corrected chi connectivity index (χ3v) is 5.46. The molecule has 0 aromatic heterocycles. The second-order valence-electron chi connectivity index (χ2n) is 7.21. The first kappa shape index (κ1) is 21.2. The van der Waals surface area contributed by atoms with Crippen LogP contribution in [0.4, 0.5) is 18.9 Å². The number of aryl methyl sites for hydroxylation is 1. The van der Waals surface area contributed by atoms with Crippen LogP contribution in [-0.4, -0.2) is 17.1 Å². The van der Waals surface area contributed by atoms with E-state index >= 15 is 0 Å². The minimum atomic E-state index is -4.66. The van der Waals surface area contributed by atoms with Gasteiger partial charge in [0.05, 0.1) is 10.8 Å². The Labute approximate surface area is 159 Å². The number of halogens is 4. The summed E-state index contributed by atoms with van der Waals surface area (Å²) in [7, 11) is 0. The summed E-state index contributed by atoms with van der Waals surface area (Å²) in [6.45, 7) is 6.42. The maximum Gasteiger partial charge on any atom is 0.426 e. The summed E-state index contributed by atoms with van der Waals surface area (Å²) in [5.41, 5.74) is 0.819. The SMILES string of the molecule is Cc1ccc([N+](=O)[O-])c(C)c1COC(=O)[C@H]1[C@@H](C=C(Cl)C(F)(F)F)C1(C)C. The molecule has 1 saturated carbocycles. The van der Waals surface area contributed by atoms with E-state index in [1.165, 1.54) is 6.07 Å². The Kier molecular flexibility index (Phi) is 5.61. The quantitative estimate of drug-likeness (QED) is 0.383. The normalized spacial score (nSPS) is 21.7. The molecule has 1 aliphatic carbocycles. The monoisotopic (exact) mass is 405 g/mol. The number of rotatable bonds is 5. The lowest BCUT2D eigenvalue weighted by atomic mass is 10.0. The summed E-state index contributed by atoms with van der Waals surface area (Å²) in [6.07, 6.45) is -3.82. The van der Waals surface area contributed by atoms with Gasteiger partial charge in [0.2, 0.25) is 0 Å². The maximum absolute atomic E-state index is 12.6. The Balaban J connectivity index is 2.14. The molecule has 1 aromatic carbocycles. The lowest BCUT2D eigenvalue weighted by molar-refractivity contribution is -0.385. The molecule has 148 valence electrons. The van der Waals surface area contributed by atoms with E-state index in [0.717, 1.165) is 11.6 Å². The summed E-state index contributed by atoms with van der Waals surface area (Å²) in [4.78, 5) is 22.9. The molecule has 0 amide bonds. The number of nitrogens with zero attached hydrogens (tertiary/aromatic N) is 1. The highest BCUT2D eigenvalue weighted by atomic mass is 35.5. The highest BCUT2D eigenvalue weighted by Gasteiger charge is 2.62. The number of carbonyl (C=O) groups is 1. The highest BCUT2D eigenvalue weighted by Crippen LogP contribution is 2.60. The molecular formula is C18H19ClF3NO4. The first-order chi connectivity index (χ1) is 12.3. The average molecular weight is 406 g/mol. The van der Waals surface area contributed by atoms with Crippen molar-refractivity contribution in [3.05, 3.63) is 50.0 Å². The number of esters is 1. The maximum atomic E-state index is 12.6. The predicted octanol–water partition coefficient (Wildman–Crippen LogP) is 5.21. The molecule has 0 aliphatic heterocycles. The van der Waals surface area contributed by atoms with Gasteiger partial charge in [0.25, 0.3) is 5.69 Å². The molecule has 9 heteroatoms. The zero-order valence-electron chi connectivity index (χ0n) is 15.2. The molecule has 1 aliphatic rings. The molecule has 5 nitrogen and oxygen atoms in total.